The molecular weight excluding hydrogens is 230 g/mol. The molecule has 100 valence electrons. The Kier molecular flexibility index (Phi) is 4.58. The van der Waals surface area contributed by atoms with Gasteiger partial charge < -0.3 is 19.5 Å². The third kappa shape index (κ3) is 3.02. The second-order valence-corrected chi connectivity index (χ2v) is 4.49. The summed E-state index contributed by atoms with van der Waals surface area (Å²) in [6, 6.07) is 6.38. The predicted molar refractivity (Wildman–Crippen MR) is 69.8 cm³/mol. The van der Waals surface area contributed by atoms with Crippen LogP contribution in [0.3, 0.4) is 0 Å². The lowest BCUT2D eigenvalue weighted by atomic mass is 10.0. The Labute approximate surface area is 108 Å². The first-order valence-electron chi connectivity index (χ1n) is 6.29. The van der Waals surface area contributed by atoms with E-state index in [0.29, 0.717) is 13.2 Å². The average molecular weight is 251 g/mol. The first kappa shape index (κ1) is 13.3. The highest BCUT2D eigenvalue weighted by Crippen LogP contribution is 2.30. The lowest BCUT2D eigenvalue weighted by molar-refractivity contribution is -0.0527. The lowest BCUT2D eigenvalue weighted by Gasteiger charge is -2.22. The molecule has 1 heterocycles. The summed E-state index contributed by atoms with van der Waals surface area (Å²) in [5.41, 5.74) is 2.37. The van der Waals surface area contributed by atoms with Gasteiger partial charge in [-0.2, -0.15) is 0 Å². The third-order valence-electron chi connectivity index (χ3n) is 3.23. The standard InChI is InChI=1S/C14H21NO3/c1-10-4-5-13(16-3)11(8-10)12(15-2)9-14-17-6-7-18-14/h4-5,8,12,14-15H,6-7,9H2,1-3H3. The number of rotatable bonds is 5. The smallest absolute Gasteiger partial charge is 0.159 e. The van der Waals surface area contributed by atoms with Gasteiger partial charge >= 0.3 is 0 Å². The van der Waals surface area contributed by atoms with Gasteiger partial charge in [-0.15, -0.1) is 0 Å². The Hall–Kier alpha value is -1.10. The fourth-order valence-electron chi connectivity index (χ4n) is 2.26. The van der Waals surface area contributed by atoms with Gasteiger partial charge in [0.05, 0.1) is 20.3 Å². The zero-order chi connectivity index (χ0) is 13.0. The maximum absolute atomic E-state index is 5.51. The second kappa shape index (κ2) is 6.18. The van der Waals surface area contributed by atoms with Crippen LogP contribution < -0.4 is 10.1 Å². The zero-order valence-electron chi connectivity index (χ0n) is 11.2. The van der Waals surface area contributed by atoms with Gasteiger partial charge in [-0.25, -0.2) is 0 Å². The predicted octanol–water partition coefficient (Wildman–Crippen LogP) is 2.03. The molecule has 0 aliphatic carbocycles. The van der Waals surface area contributed by atoms with Gasteiger partial charge in [-0.05, 0) is 20.0 Å². The SMILES string of the molecule is CNC(CC1OCCO1)c1cc(C)ccc1OC. The molecule has 1 aliphatic rings. The van der Waals surface area contributed by atoms with E-state index in [1.807, 2.05) is 13.1 Å². The Morgan fingerprint density at radius 2 is 2.11 bits per heavy atom. The van der Waals surface area contributed by atoms with Crippen molar-refractivity contribution in [2.45, 2.75) is 25.7 Å². The van der Waals surface area contributed by atoms with Crippen molar-refractivity contribution in [1.82, 2.24) is 5.32 Å². The molecular formula is C14H21NO3. The average Bonchev–Trinajstić information content (AvgIpc) is 2.88. The Morgan fingerprint density at radius 1 is 1.39 bits per heavy atom. The van der Waals surface area contributed by atoms with Crippen molar-refractivity contribution < 1.29 is 14.2 Å². The van der Waals surface area contributed by atoms with Gasteiger partial charge in [0.1, 0.15) is 5.75 Å². The maximum atomic E-state index is 5.51. The lowest BCUT2D eigenvalue weighted by Crippen LogP contribution is -2.23. The van der Waals surface area contributed by atoms with Gasteiger partial charge in [-0.1, -0.05) is 17.7 Å². The molecule has 1 aromatic carbocycles. The van der Waals surface area contributed by atoms with Crippen molar-refractivity contribution in [3.8, 4) is 5.75 Å². The van der Waals surface area contributed by atoms with Crippen LogP contribution in [0.4, 0.5) is 0 Å². The van der Waals surface area contributed by atoms with Crippen LogP contribution in [0.15, 0.2) is 18.2 Å². The molecule has 4 nitrogen and oxygen atoms in total. The number of aryl methyl sites for hydroxylation is 1. The van der Waals surface area contributed by atoms with Crippen LogP contribution in [0.5, 0.6) is 5.75 Å². The van der Waals surface area contributed by atoms with Gasteiger partial charge in [0, 0.05) is 18.0 Å². The molecule has 0 amide bonds. The minimum Gasteiger partial charge on any atom is -0.496 e. The highest BCUT2D eigenvalue weighted by atomic mass is 16.7. The van der Waals surface area contributed by atoms with Crippen molar-refractivity contribution in [1.29, 1.82) is 0 Å². The molecule has 4 heteroatoms. The number of ether oxygens (including phenoxy) is 3. The topological polar surface area (TPSA) is 39.7 Å². The van der Waals surface area contributed by atoms with Gasteiger partial charge in [-0.3, -0.25) is 0 Å². The van der Waals surface area contributed by atoms with E-state index in [2.05, 4.69) is 24.4 Å². The van der Waals surface area contributed by atoms with E-state index in [4.69, 9.17) is 14.2 Å². The molecule has 2 rings (SSSR count). The van der Waals surface area contributed by atoms with Crippen molar-refractivity contribution >= 4 is 0 Å². The van der Waals surface area contributed by atoms with Crippen molar-refractivity contribution in [2.75, 3.05) is 27.4 Å². The van der Waals surface area contributed by atoms with Crippen LogP contribution in [-0.4, -0.2) is 33.7 Å². The molecule has 1 aliphatic heterocycles. The van der Waals surface area contributed by atoms with Crippen molar-refractivity contribution in [2.24, 2.45) is 0 Å². The molecule has 1 aromatic rings. The number of methoxy groups -OCH3 is 1. The molecule has 0 radical (unpaired) electrons. The van der Waals surface area contributed by atoms with Gasteiger partial charge in [0.15, 0.2) is 6.29 Å². The normalized spacial score (nSPS) is 17.9. The molecule has 0 saturated carbocycles. The van der Waals surface area contributed by atoms with Crippen LogP contribution >= 0.6 is 0 Å². The van der Waals surface area contributed by atoms with E-state index >= 15 is 0 Å². The molecule has 0 spiro atoms. The Bertz CT molecular complexity index is 389. The molecule has 1 atom stereocenters. The monoisotopic (exact) mass is 251 g/mol. The highest BCUT2D eigenvalue weighted by molar-refractivity contribution is 5.39. The second-order valence-electron chi connectivity index (χ2n) is 4.49. The van der Waals surface area contributed by atoms with E-state index in [9.17, 15) is 0 Å². The first-order valence-corrected chi connectivity index (χ1v) is 6.29. The van der Waals surface area contributed by atoms with Gasteiger partial charge in [0.25, 0.3) is 0 Å². The summed E-state index contributed by atoms with van der Waals surface area (Å²) in [4.78, 5) is 0. The summed E-state index contributed by atoms with van der Waals surface area (Å²) in [5, 5.41) is 3.31. The van der Waals surface area contributed by atoms with E-state index in [1.54, 1.807) is 7.11 Å². The minimum absolute atomic E-state index is 0.118. The molecule has 1 fully saturated rings. The van der Waals surface area contributed by atoms with E-state index in [-0.39, 0.29) is 12.3 Å². The molecule has 0 bridgehead atoms. The van der Waals surface area contributed by atoms with Crippen LogP contribution in [0, 0.1) is 6.92 Å². The number of benzene rings is 1. The highest BCUT2D eigenvalue weighted by Gasteiger charge is 2.23. The van der Waals surface area contributed by atoms with Crippen molar-refractivity contribution in [3.63, 3.8) is 0 Å². The Morgan fingerprint density at radius 3 is 2.72 bits per heavy atom. The van der Waals surface area contributed by atoms with E-state index < -0.39 is 0 Å². The van der Waals surface area contributed by atoms with Crippen LogP contribution in [0.25, 0.3) is 0 Å². The molecule has 18 heavy (non-hydrogen) atoms. The van der Waals surface area contributed by atoms with Crippen LogP contribution in [0.2, 0.25) is 0 Å². The molecule has 1 saturated heterocycles. The minimum atomic E-state index is -0.118. The fraction of sp³-hybridized carbons (Fsp3) is 0.571. The molecule has 1 unspecified atom stereocenters. The fourth-order valence-corrected chi connectivity index (χ4v) is 2.26. The number of hydrogen-bond acceptors (Lipinski definition) is 4. The number of hydrogen-bond donors (Lipinski definition) is 1. The van der Waals surface area contributed by atoms with Crippen LogP contribution in [0.1, 0.15) is 23.6 Å². The largest absolute Gasteiger partial charge is 0.496 e. The summed E-state index contributed by atoms with van der Waals surface area (Å²) < 4.78 is 16.4. The van der Waals surface area contributed by atoms with Gasteiger partial charge in [0.2, 0.25) is 0 Å². The first-order chi connectivity index (χ1) is 8.74. The molecule has 1 N–H and O–H groups in total. The Balaban J connectivity index is 2.17. The summed E-state index contributed by atoms with van der Waals surface area (Å²) in [5.74, 6) is 0.901. The molecule has 0 aromatic heterocycles. The summed E-state index contributed by atoms with van der Waals surface area (Å²) in [6.45, 7) is 3.45. The summed E-state index contributed by atoms with van der Waals surface area (Å²) in [6.07, 6.45) is 0.670. The summed E-state index contributed by atoms with van der Waals surface area (Å²) >= 11 is 0. The van der Waals surface area contributed by atoms with E-state index in [1.165, 1.54) is 5.56 Å². The maximum Gasteiger partial charge on any atom is 0.159 e. The summed E-state index contributed by atoms with van der Waals surface area (Å²) in [7, 11) is 3.64. The quantitative estimate of drug-likeness (QED) is 0.869. The van der Waals surface area contributed by atoms with Crippen LogP contribution in [-0.2, 0) is 9.47 Å². The van der Waals surface area contributed by atoms with Crippen molar-refractivity contribution in [3.05, 3.63) is 29.3 Å². The number of nitrogens with one attached hydrogen (secondary N) is 1. The zero-order valence-corrected chi connectivity index (χ0v) is 11.2. The van der Waals surface area contributed by atoms with E-state index in [0.717, 1.165) is 17.7 Å². The third-order valence-corrected chi connectivity index (χ3v) is 3.23.